The Balaban J connectivity index is 1.68. The molecule has 0 spiro atoms. The van der Waals surface area contributed by atoms with E-state index in [0.717, 1.165) is 18.7 Å². The lowest BCUT2D eigenvalue weighted by Crippen LogP contribution is -2.04. The fraction of sp³-hybridized carbons (Fsp3) is 0.417. The van der Waals surface area contributed by atoms with Gasteiger partial charge >= 0.3 is 0 Å². The highest BCUT2D eigenvalue weighted by molar-refractivity contribution is 5.32. The highest BCUT2D eigenvalue weighted by Crippen LogP contribution is 2.18. The number of aryl methyl sites for hydroxylation is 2. The van der Waals surface area contributed by atoms with Crippen molar-refractivity contribution in [2.24, 2.45) is 0 Å². The predicted molar refractivity (Wildman–Crippen MR) is 64.5 cm³/mol. The average Bonchev–Trinajstić information content (AvgIpc) is 2.79. The molecule has 94 valence electrons. The summed E-state index contributed by atoms with van der Waals surface area (Å²) in [6.45, 7) is 0.517. The first-order chi connectivity index (χ1) is 8.81. The molecule has 0 unspecified atom stereocenters. The number of halogens is 1. The maximum atomic E-state index is 12.9. The third kappa shape index (κ3) is 2.32. The number of hydrogen-bond donors (Lipinski definition) is 2. The second-order valence-electron chi connectivity index (χ2n) is 4.40. The van der Waals surface area contributed by atoms with E-state index in [1.807, 2.05) is 0 Å². The van der Waals surface area contributed by atoms with E-state index in [1.165, 1.54) is 36.6 Å². The molecular weight excluding hydrogens is 233 g/mol. The number of aromatic nitrogens is 4. The second kappa shape index (κ2) is 4.72. The van der Waals surface area contributed by atoms with E-state index in [2.05, 4.69) is 25.3 Å². The Morgan fingerprint density at radius 3 is 3.00 bits per heavy atom. The molecule has 2 aromatic rings. The zero-order valence-corrected chi connectivity index (χ0v) is 9.91. The number of H-pyrrole nitrogens is 1. The minimum Gasteiger partial charge on any atom is -0.363 e. The molecule has 1 aliphatic rings. The maximum Gasteiger partial charge on any atom is 0.217 e. The number of nitrogens with one attached hydrogen (secondary N) is 2. The number of imidazole rings is 1. The third-order valence-corrected chi connectivity index (χ3v) is 3.07. The van der Waals surface area contributed by atoms with Crippen LogP contribution in [0, 0.1) is 5.95 Å². The first kappa shape index (κ1) is 11.1. The molecule has 1 aliphatic carbocycles. The molecule has 2 N–H and O–H groups in total. The van der Waals surface area contributed by atoms with Crippen molar-refractivity contribution in [3.8, 4) is 0 Å². The summed E-state index contributed by atoms with van der Waals surface area (Å²) < 4.78 is 12.9. The molecule has 0 bridgehead atoms. The van der Waals surface area contributed by atoms with Crippen molar-refractivity contribution in [2.45, 2.75) is 32.2 Å². The van der Waals surface area contributed by atoms with E-state index in [0.29, 0.717) is 12.4 Å². The highest BCUT2D eigenvalue weighted by Gasteiger charge is 2.13. The van der Waals surface area contributed by atoms with Gasteiger partial charge in [0.15, 0.2) is 0 Å². The predicted octanol–water partition coefficient (Wildman–Crippen LogP) is 1.83. The molecule has 0 saturated heterocycles. The van der Waals surface area contributed by atoms with Crippen LogP contribution in [0.3, 0.4) is 0 Å². The number of rotatable bonds is 3. The van der Waals surface area contributed by atoms with E-state index in [4.69, 9.17) is 0 Å². The molecule has 0 radical (unpaired) electrons. The summed E-state index contributed by atoms with van der Waals surface area (Å²) in [7, 11) is 0. The Bertz CT molecular complexity index is 528. The zero-order valence-electron chi connectivity index (χ0n) is 9.91. The molecule has 0 saturated carbocycles. The second-order valence-corrected chi connectivity index (χ2v) is 4.40. The molecule has 2 aromatic heterocycles. The van der Waals surface area contributed by atoms with Crippen LogP contribution in [0.25, 0.3) is 0 Å². The Labute approximate surface area is 104 Å². The lowest BCUT2D eigenvalue weighted by atomic mass is 10.0. The topological polar surface area (TPSA) is 66.5 Å². The van der Waals surface area contributed by atoms with Crippen LogP contribution in [0.2, 0.25) is 0 Å². The summed E-state index contributed by atoms with van der Waals surface area (Å²) in [4.78, 5) is 15.2. The summed E-state index contributed by atoms with van der Waals surface area (Å²) in [5.74, 6) is 0.809. The minimum absolute atomic E-state index is 0.469. The first-order valence-electron chi connectivity index (χ1n) is 6.09. The Morgan fingerprint density at radius 2 is 2.17 bits per heavy atom. The summed E-state index contributed by atoms with van der Waals surface area (Å²) >= 11 is 0. The number of nitrogens with zero attached hydrogens (tertiary/aromatic N) is 3. The number of hydrogen-bond acceptors (Lipinski definition) is 4. The molecule has 3 rings (SSSR count). The van der Waals surface area contributed by atoms with Crippen LogP contribution >= 0.6 is 0 Å². The van der Waals surface area contributed by atoms with Crippen molar-refractivity contribution in [2.75, 3.05) is 5.32 Å². The smallest absolute Gasteiger partial charge is 0.217 e. The van der Waals surface area contributed by atoms with Gasteiger partial charge in [0.2, 0.25) is 5.95 Å². The molecular formula is C12H14FN5. The fourth-order valence-corrected chi connectivity index (χ4v) is 2.20. The van der Waals surface area contributed by atoms with Gasteiger partial charge in [0.25, 0.3) is 0 Å². The van der Waals surface area contributed by atoms with Crippen molar-refractivity contribution in [3.05, 3.63) is 35.6 Å². The molecule has 18 heavy (non-hydrogen) atoms. The van der Waals surface area contributed by atoms with Crippen LogP contribution in [-0.2, 0) is 19.4 Å². The monoisotopic (exact) mass is 247 g/mol. The number of anilines is 1. The number of fused-ring (bicyclic) bond motifs is 1. The Kier molecular flexibility index (Phi) is 2.92. The Hall–Kier alpha value is -1.98. The standard InChI is InChI=1S/C12H14FN5/c13-10-5-11(16-7-15-10)14-6-12-17-8-3-1-2-4-9(8)18-12/h5,7H,1-4,6H2,(H,17,18)(H,14,15,16). The molecule has 0 amide bonds. The molecule has 0 aliphatic heterocycles. The first-order valence-corrected chi connectivity index (χ1v) is 6.09. The quantitative estimate of drug-likeness (QED) is 0.812. The highest BCUT2D eigenvalue weighted by atomic mass is 19.1. The summed E-state index contributed by atoms with van der Waals surface area (Å²) in [5, 5.41) is 3.03. The Morgan fingerprint density at radius 1 is 1.28 bits per heavy atom. The van der Waals surface area contributed by atoms with Gasteiger partial charge in [-0.05, 0) is 25.7 Å². The van der Waals surface area contributed by atoms with Crippen molar-refractivity contribution in [1.82, 2.24) is 19.9 Å². The van der Waals surface area contributed by atoms with Gasteiger partial charge in [0, 0.05) is 11.8 Å². The van der Waals surface area contributed by atoms with E-state index in [-0.39, 0.29) is 0 Å². The molecule has 0 atom stereocenters. The SMILES string of the molecule is Fc1cc(NCc2nc3c([nH]2)CCCC3)ncn1. The van der Waals surface area contributed by atoms with Gasteiger partial charge in [-0.2, -0.15) is 4.39 Å². The third-order valence-electron chi connectivity index (χ3n) is 3.07. The summed E-state index contributed by atoms with van der Waals surface area (Å²) in [5.41, 5.74) is 2.42. The molecule has 0 fully saturated rings. The van der Waals surface area contributed by atoms with Gasteiger partial charge in [-0.1, -0.05) is 0 Å². The molecule has 0 aromatic carbocycles. The lowest BCUT2D eigenvalue weighted by Gasteiger charge is -2.07. The van der Waals surface area contributed by atoms with Gasteiger partial charge in [-0.3, -0.25) is 0 Å². The van der Waals surface area contributed by atoms with E-state index >= 15 is 0 Å². The largest absolute Gasteiger partial charge is 0.363 e. The normalized spacial score (nSPS) is 14.3. The number of aromatic amines is 1. The van der Waals surface area contributed by atoms with E-state index in [9.17, 15) is 4.39 Å². The molecule has 5 nitrogen and oxygen atoms in total. The average molecular weight is 247 g/mol. The maximum absolute atomic E-state index is 12.9. The van der Waals surface area contributed by atoms with Crippen LogP contribution in [0.5, 0.6) is 0 Å². The van der Waals surface area contributed by atoms with Crippen LogP contribution < -0.4 is 5.32 Å². The zero-order chi connectivity index (χ0) is 12.4. The van der Waals surface area contributed by atoms with Gasteiger partial charge in [-0.15, -0.1) is 0 Å². The van der Waals surface area contributed by atoms with Gasteiger partial charge in [-0.25, -0.2) is 15.0 Å². The summed E-state index contributed by atoms with van der Waals surface area (Å²) in [6, 6.07) is 1.27. The van der Waals surface area contributed by atoms with Crippen LogP contribution in [0.1, 0.15) is 30.1 Å². The van der Waals surface area contributed by atoms with Crippen LogP contribution in [0.4, 0.5) is 10.2 Å². The van der Waals surface area contributed by atoms with Gasteiger partial charge in [0.05, 0.1) is 12.2 Å². The van der Waals surface area contributed by atoms with Crippen molar-refractivity contribution in [1.29, 1.82) is 0 Å². The molecule has 2 heterocycles. The summed E-state index contributed by atoms with van der Waals surface area (Å²) in [6.07, 6.45) is 5.75. The fourth-order valence-electron chi connectivity index (χ4n) is 2.20. The van der Waals surface area contributed by atoms with Gasteiger partial charge < -0.3 is 10.3 Å². The van der Waals surface area contributed by atoms with Crippen molar-refractivity contribution in [3.63, 3.8) is 0 Å². The van der Waals surface area contributed by atoms with Crippen LogP contribution in [0.15, 0.2) is 12.4 Å². The van der Waals surface area contributed by atoms with Crippen molar-refractivity contribution < 1.29 is 4.39 Å². The van der Waals surface area contributed by atoms with Crippen LogP contribution in [-0.4, -0.2) is 19.9 Å². The van der Waals surface area contributed by atoms with E-state index < -0.39 is 5.95 Å². The lowest BCUT2D eigenvalue weighted by molar-refractivity contribution is 0.580. The molecule has 6 heteroatoms. The van der Waals surface area contributed by atoms with Gasteiger partial charge in [0.1, 0.15) is 18.0 Å². The van der Waals surface area contributed by atoms with E-state index in [1.54, 1.807) is 0 Å². The minimum atomic E-state index is -0.536. The van der Waals surface area contributed by atoms with Crippen molar-refractivity contribution >= 4 is 5.82 Å².